The highest BCUT2D eigenvalue weighted by molar-refractivity contribution is 5.17. The summed E-state index contributed by atoms with van der Waals surface area (Å²) in [5.74, 6) is 1.11. The Morgan fingerprint density at radius 2 is 2.00 bits per heavy atom. The number of hydrogen-bond donors (Lipinski definition) is 2. The van der Waals surface area contributed by atoms with Gasteiger partial charge in [0.25, 0.3) is 0 Å². The summed E-state index contributed by atoms with van der Waals surface area (Å²) in [6.45, 7) is 13.6. The van der Waals surface area contributed by atoms with E-state index in [2.05, 4.69) is 34.3 Å². The number of fused-ring (bicyclic) bond motifs is 1. The molecule has 0 spiro atoms. The molecule has 0 aromatic carbocycles. The van der Waals surface area contributed by atoms with E-state index in [1.165, 1.54) is 17.6 Å². The van der Waals surface area contributed by atoms with Gasteiger partial charge in [-0.1, -0.05) is 44.6 Å². The molecule has 2 aliphatic rings. The van der Waals surface area contributed by atoms with Crippen LogP contribution in [0.4, 0.5) is 0 Å². The Morgan fingerprint density at radius 1 is 1.32 bits per heavy atom. The highest BCUT2D eigenvalue weighted by atomic mass is 16.3. The molecule has 2 aliphatic carbocycles. The summed E-state index contributed by atoms with van der Waals surface area (Å²) in [7, 11) is 0. The van der Waals surface area contributed by atoms with Gasteiger partial charge in [-0.25, -0.2) is 0 Å². The summed E-state index contributed by atoms with van der Waals surface area (Å²) in [4.78, 5) is 0. The quantitative estimate of drug-likeness (QED) is 0.752. The Balaban J connectivity index is 2.21. The minimum Gasteiger partial charge on any atom is -0.393 e. The van der Waals surface area contributed by atoms with Gasteiger partial charge in [0.15, 0.2) is 0 Å². The van der Waals surface area contributed by atoms with Crippen molar-refractivity contribution >= 4 is 0 Å². The van der Waals surface area contributed by atoms with Crippen molar-refractivity contribution < 1.29 is 10.2 Å². The first-order chi connectivity index (χ1) is 10.2. The van der Waals surface area contributed by atoms with Gasteiger partial charge in [-0.05, 0) is 68.1 Å². The van der Waals surface area contributed by atoms with Gasteiger partial charge in [-0.15, -0.1) is 0 Å². The van der Waals surface area contributed by atoms with Crippen LogP contribution in [0.3, 0.4) is 0 Å². The molecule has 22 heavy (non-hydrogen) atoms. The van der Waals surface area contributed by atoms with Crippen LogP contribution in [0.2, 0.25) is 0 Å². The molecule has 0 aliphatic heterocycles. The van der Waals surface area contributed by atoms with E-state index in [0.29, 0.717) is 11.8 Å². The fourth-order valence-corrected chi connectivity index (χ4v) is 5.33. The molecule has 2 saturated carbocycles. The summed E-state index contributed by atoms with van der Waals surface area (Å²) in [6, 6.07) is 0. The maximum atomic E-state index is 10.5. The average Bonchev–Trinajstić information content (AvgIpc) is 2.43. The first-order valence-corrected chi connectivity index (χ1v) is 8.85. The van der Waals surface area contributed by atoms with E-state index in [4.69, 9.17) is 5.11 Å². The third-order valence-corrected chi connectivity index (χ3v) is 6.82. The van der Waals surface area contributed by atoms with Gasteiger partial charge < -0.3 is 10.2 Å². The normalized spacial score (nSPS) is 38.7. The van der Waals surface area contributed by atoms with Gasteiger partial charge in [0.05, 0.1) is 12.7 Å². The van der Waals surface area contributed by atoms with Crippen LogP contribution in [0.15, 0.2) is 23.8 Å². The third kappa shape index (κ3) is 3.05. The van der Waals surface area contributed by atoms with Crippen molar-refractivity contribution in [2.45, 2.75) is 72.3 Å². The summed E-state index contributed by atoms with van der Waals surface area (Å²) in [6.07, 6.45) is 8.19. The van der Waals surface area contributed by atoms with Crippen LogP contribution in [0, 0.1) is 22.7 Å². The van der Waals surface area contributed by atoms with Crippen molar-refractivity contribution in [2.24, 2.45) is 22.7 Å². The van der Waals surface area contributed by atoms with Gasteiger partial charge >= 0.3 is 0 Å². The van der Waals surface area contributed by atoms with E-state index >= 15 is 0 Å². The maximum Gasteiger partial charge on any atom is 0.0614 e. The molecule has 2 rings (SSSR count). The fraction of sp³-hybridized carbons (Fsp3) is 0.800. The van der Waals surface area contributed by atoms with E-state index in [1.54, 1.807) is 0 Å². The molecule has 0 aromatic rings. The largest absolute Gasteiger partial charge is 0.393 e. The van der Waals surface area contributed by atoms with Crippen LogP contribution in [-0.2, 0) is 0 Å². The molecule has 126 valence electrons. The van der Waals surface area contributed by atoms with Crippen LogP contribution >= 0.6 is 0 Å². The Bertz CT molecular complexity index is 449. The van der Waals surface area contributed by atoms with Crippen molar-refractivity contribution in [3.8, 4) is 0 Å². The first kappa shape index (κ1) is 17.7. The lowest BCUT2D eigenvalue weighted by Gasteiger charge is -2.59. The predicted octanol–water partition coefficient (Wildman–Crippen LogP) is 4.47. The monoisotopic (exact) mass is 306 g/mol. The lowest BCUT2D eigenvalue weighted by molar-refractivity contribution is -0.124. The second-order valence-corrected chi connectivity index (χ2v) is 8.46. The second kappa shape index (κ2) is 6.49. The van der Waals surface area contributed by atoms with Gasteiger partial charge in [0.1, 0.15) is 0 Å². The van der Waals surface area contributed by atoms with Gasteiger partial charge in [0.2, 0.25) is 0 Å². The van der Waals surface area contributed by atoms with Crippen molar-refractivity contribution in [1.29, 1.82) is 0 Å². The molecule has 0 saturated heterocycles. The molecular formula is C20H34O2. The zero-order chi connectivity index (χ0) is 16.5. The molecule has 2 heteroatoms. The Labute approximate surface area is 136 Å². The van der Waals surface area contributed by atoms with Crippen LogP contribution in [-0.4, -0.2) is 22.9 Å². The Kier molecular flexibility index (Phi) is 5.23. The summed E-state index contributed by atoms with van der Waals surface area (Å²) >= 11 is 0. The number of rotatable bonds is 4. The smallest absolute Gasteiger partial charge is 0.0614 e. The molecule has 0 bridgehead atoms. The van der Waals surface area contributed by atoms with E-state index < -0.39 is 0 Å². The number of aliphatic hydroxyl groups excluding tert-OH is 2. The molecule has 2 fully saturated rings. The minimum absolute atomic E-state index is 0.00192. The average molecular weight is 306 g/mol. The van der Waals surface area contributed by atoms with Crippen LogP contribution in [0.5, 0.6) is 0 Å². The molecule has 0 aromatic heterocycles. The highest BCUT2D eigenvalue weighted by Crippen LogP contribution is 2.61. The predicted molar refractivity (Wildman–Crippen MR) is 92.6 cm³/mol. The molecule has 0 unspecified atom stereocenters. The number of hydrogen-bond acceptors (Lipinski definition) is 2. The van der Waals surface area contributed by atoms with Gasteiger partial charge in [0, 0.05) is 0 Å². The van der Waals surface area contributed by atoms with E-state index in [0.717, 1.165) is 32.1 Å². The zero-order valence-corrected chi connectivity index (χ0v) is 14.9. The molecule has 0 heterocycles. The lowest BCUT2D eigenvalue weighted by atomic mass is 9.46. The van der Waals surface area contributed by atoms with E-state index in [-0.39, 0.29) is 23.5 Å². The van der Waals surface area contributed by atoms with Crippen LogP contribution in [0.25, 0.3) is 0 Å². The molecule has 0 amide bonds. The third-order valence-electron chi connectivity index (χ3n) is 6.82. The van der Waals surface area contributed by atoms with E-state index in [9.17, 15) is 5.11 Å². The molecule has 0 radical (unpaired) electrons. The van der Waals surface area contributed by atoms with Crippen LogP contribution in [0.1, 0.15) is 66.2 Å². The van der Waals surface area contributed by atoms with Gasteiger partial charge in [-0.3, -0.25) is 0 Å². The van der Waals surface area contributed by atoms with E-state index in [1.807, 2.05) is 6.08 Å². The Hall–Kier alpha value is -0.600. The lowest BCUT2D eigenvalue weighted by Crippen LogP contribution is -2.54. The second-order valence-electron chi connectivity index (χ2n) is 8.46. The van der Waals surface area contributed by atoms with Crippen molar-refractivity contribution in [1.82, 2.24) is 0 Å². The Morgan fingerprint density at radius 3 is 2.64 bits per heavy atom. The maximum absolute atomic E-state index is 10.5. The van der Waals surface area contributed by atoms with Crippen molar-refractivity contribution in [3.05, 3.63) is 23.8 Å². The number of allylic oxidation sites excluding steroid dienone is 2. The topological polar surface area (TPSA) is 40.5 Å². The fourth-order valence-electron chi connectivity index (χ4n) is 5.33. The first-order valence-electron chi connectivity index (χ1n) is 8.85. The summed E-state index contributed by atoms with van der Waals surface area (Å²) < 4.78 is 0. The number of aliphatic hydroxyl groups is 2. The standard InChI is InChI=1S/C20H34O2/c1-14(11-13-21)6-8-16-15(2)7-9-17-19(3,4)18(22)10-12-20(16,17)5/h11,16-18,21-22H,2,6-10,12-13H2,1,3-5H3/b14-11+/t16-,17-,18+,20+/m0/s1. The molecule has 2 nitrogen and oxygen atoms in total. The minimum atomic E-state index is -0.173. The molecular weight excluding hydrogens is 272 g/mol. The summed E-state index contributed by atoms with van der Waals surface area (Å²) in [5.41, 5.74) is 2.94. The summed E-state index contributed by atoms with van der Waals surface area (Å²) in [5, 5.41) is 19.5. The van der Waals surface area contributed by atoms with Crippen LogP contribution < -0.4 is 0 Å². The van der Waals surface area contributed by atoms with Crippen molar-refractivity contribution in [2.75, 3.05) is 6.61 Å². The molecule has 4 atom stereocenters. The van der Waals surface area contributed by atoms with Gasteiger partial charge in [-0.2, -0.15) is 0 Å². The zero-order valence-electron chi connectivity index (χ0n) is 14.9. The highest BCUT2D eigenvalue weighted by Gasteiger charge is 2.55. The molecule has 2 N–H and O–H groups in total. The van der Waals surface area contributed by atoms with Crippen molar-refractivity contribution in [3.63, 3.8) is 0 Å². The SMILES string of the molecule is C=C1CC[C@H]2C(C)(C)[C@H](O)CC[C@]2(C)[C@H]1CC/C(C)=C/CO.